The van der Waals surface area contributed by atoms with Crippen molar-refractivity contribution in [2.75, 3.05) is 11.9 Å². The van der Waals surface area contributed by atoms with Crippen LogP contribution in [-0.2, 0) is 0 Å². The molecule has 18 heavy (non-hydrogen) atoms. The molecular weight excluding hydrogens is 224 g/mol. The van der Waals surface area contributed by atoms with E-state index >= 15 is 0 Å². The van der Waals surface area contributed by atoms with Crippen molar-refractivity contribution in [1.82, 2.24) is 0 Å². The first kappa shape index (κ1) is 12.6. The van der Waals surface area contributed by atoms with Crippen LogP contribution in [0.5, 0.6) is 0 Å². The van der Waals surface area contributed by atoms with Crippen LogP contribution in [0.25, 0.3) is 0 Å². The standard InChI is InChI=1S/C15H18N2O/c1-2-15(10-8-14(17-18)9-11-15)12-16-13-6-4-3-5-7-13/h3-10,16H,2,11-12H2,1H3. The minimum Gasteiger partial charge on any atom is -0.384 e. The van der Waals surface area contributed by atoms with Gasteiger partial charge in [0.15, 0.2) is 0 Å². The molecule has 0 fully saturated rings. The monoisotopic (exact) mass is 242 g/mol. The summed E-state index contributed by atoms with van der Waals surface area (Å²) in [4.78, 5) is 10.5. The number of anilines is 1. The first-order valence-electron chi connectivity index (χ1n) is 6.30. The van der Waals surface area contributed by atoms with E-state index in [1.165, 1.54) is 0 Å². The Morgan fingerprint density at radius 1 is 1.33 bits per heavy atom. The molecule has 3 heteroatoms. The van der Waals surface area contributed by atoms with E-state index < -0.39 is 0 Å². The van der Waals surface area contributed by atoms with Gasteiger partial charge < -0.3 is 5.32 Å². The van der Waals surface area contributed by atoms with Crippen LogP contribution in [0.15, 0.2) is 59.4 Å². The number of allylic oxidation sites excluding steroid dienone is 2. The first-order valence-corrected chi connectivity index (χ1v) is 6.30. The number of nitrogens with zero attached hydrogens (tertiary/aromatic N) is 1. The predicted molar refractivity (Wildman–Crippen MR) is 75.3 cm³/mol. The zero-order valence-corrected chi connectivity index (χ0v) is 10.6. The second-order valence-electron chi connectivity index (χ2n) is 4.69. The lowest BCUT2D eigenvalue weighted by molar-refractivity contribution is 0.391. The van der Waals surface area contributed by atoms with E-state index in [4.69, 9.17) is 0 Å². The summed E-state index contributed by atoms with van der Waals surface area (Å²) in [7, 11) is 0. The molecule has 0 aliphatic heterocycles. The van der Waals surface area contributed by atoms with Gasteiger partial charge in [-0.25, -0.2) is 0 Å². The van der Waals surface area contributed by atoms with Crippen molar-refractivity contribution in [3.05, 3.63) is 59.2 Å². The van der Waals surface area contributed by atoms with Crippen molar-refractivity contribution in [2.24, 2.45) is 10.6 Å². The summed E-state index contributed by atoms with van der Waals surface area (Å²) < 4.78 is 0. The summed E-state index contributed by atoms with van der Waals surface area (Å²) in [5.74, 6) is 0. The Morgan fingerprint density at radius 3 is 2.67 bits per heavy atom. The highest BCUT2D eigenvalue weighted by Crippen LogP contribution is 2.33. The molecule has 1 atom stereocenters. The van der Waals surface area contributed by atoms with Crippen LogP contribution in [0.3, 0.4) is 0 Å². The van der Waals surface area contributed by atoms with Crippen LogP contribution in [0.2, 0.25) is 0 Å². The van der Waals surface area contributed by atoms with Gasteiger partial charge in [0.1, 0.15) is 5.70 Å². The number of hydrogen-bond donors (Lipinski definition) is 1. The van der Waals surface area contributed by atoms with Gasteiger partial charge in [0, 0.05) is 17.6 Å². The van der Waals surface area contributed by atoms with Crippen molar-refractivity contribution in [3.8, 4) is 0 Å². The van der Waals surface area contributed by atoms with E-state index in [0.29, 0.717) is 5.70 Å². The van der Waals surface area contributed by atoms with Gasteiger partial charge in [-0.1, -0.05) is 37.3 Å². The highest BCUT2D eigenvalue weighted by atomic mass is 16.3. The molecule has 0 radical (unpaired) electrons. The topological polar surface area (TPSA) is 41.5 Å². The van der Waals surface area contributed by atoms with Gasteiger partial charge in [-0.05, 0) is 36.2 Å². The molecule has 3 nitrogen and oxygen atoms in total. The van der Waals surface area contributed by atoms with Gasteiger partial charge in [0.25, 0.3) is 0 Å². The molecule has 0 spiro atoms. The fourth-order valence-corrected chi connectivity index (χ4v) is 2.13. The third-order valence-electron chi connectivity index (χ3n) is 3.55. The van der Waals surface area contributed by atoms with Crippen LogP contribution in [-0.4, -0.2) is 6.54 Å². The maximum atomic E-state index is 10.5. The van der Waals surface area contributed by atoms with E-state index in [1.807, 2.05) is 30.4 Å². The van der Waals surface area contributed by atoms with Gasteiger partial charge >= 0.3 is 0 Å². The Bertz CT molecular complexity index is 465. The molecule has 0 saturated carbocycles. The number of para-hydroxylation sites is 1. The largest absolute Gasteiger partial charge is 0.384 e. The molecule has 1 aromatic rings. The van der Waals surface area contributed by atoms with Crippen molar-refractivity contribution < 1.29 is 0 Å². The van der Waals surface area contributed by atoms with E-state index in [0.717, 1.165) is 25.1 Å². The molecule has 1 aliphatic rings. The van der Waals surface area contributed by atoms with Gasteiger partial charge in [0.05, 0.1) is 0 Å². The molecule has 2 rings (SSSR count). The van der Waals surface area contributed by atoms with Gasteiger partial charge in [-0.15, -0.1) is 4.91 Å². The molecule has 0 amide bonds. The SMILES string of the molecule is CCC1(CNc2ccccc2)C=CC(N=O)=CC1. The number of benzene rings is 1. The molecular formula is C15H18N2O. The number of hydrogen-bond acceptors (Lipinski definition) is 3. The Hall–Kier alpha value is -1.90. The lowest BCUT2D eigenvalue weighted by Gasteiger charge is -2.31. The van der Waals surface area contributed by atoms with Gasteiger partial charge in [-0.2, -0.15) is 0 Å². The number of nitrogens with one attached hydrogen (secondary N) is 1. The third kappa shape index (κ3) is 2.86. The molecule has 1 N–H and O–H groups in total. The summed E-state index contributed by atoms with van der Waals surface area (Å²) in [6, 6.07) is 10.2. The smallest absolute Gasteiger partial charge is 0.103 e. The lowest BCUT2D eigenvalue weighted by Crippen LogP contribution is -2.28. The van der Waals surface area contributed by atoms with Crippen molar-refractivity contribution >= 4 is 5.69 Å². The maximum Gasteiger partial charge on any atom is 0.103 e. The number of nitroso groups, excluding NO2 is 1. The second-order valence-corrected chi connectivity index (χ2v) is 4.69. The number of rotatable bonds is 5. The highest BCUT2D eigenvalue weighted by molar-refractivity contribution is 5.43. The summed E-state index contributed by atoms with van der Waals surface area (Å²) in [5, 5.41) is 6.42. The zero-order valence-electron chi connectivity index (χ0n) is 10.6. The van der Waals surface area contributed by atoms with Crippen LogP contribution in [0.4, 0.5) is 5.69 Å². The zero-order chi connectivity index (χ0) is 12.8. The maximum absolute atomic E-state index is 10.5. The van der Waals surface area contributed by atoms with Crippen molar-refractivity contribution in [1.29, 1.82) is 0 Å². The van der Waals surface area contributed by atoms with E-state index in [9.17, 15) is 4.91 Å². The molecule has 0 aromatic heterocycles. The molecule has 0 saturated heterocycles. The van der Waals surface area contributed by atoms with Crippen LogP contribution < -0.4 is 5.32 Å². The fourth-order valence-electron chi connectivity index (χ4n) is 2.13. The minimum atomic E-state index is 0.0873. The highest BCUT2D eigenvalue weighted by Gasteiger charge is 2.26. The first-order chi connectivity index (χ1) is 8.78. The van der Waals surface area contributed by atoms with E-state index in [-0.39, 0.29) is 5.41 Å². The average molecular weight is 242 g/mol. The normalized spacial score (nSPS) is 22.4. The van der Waals surface area contributed by atoms with Crippen LogP contribution in [0.1, 0.15) is 19.8 Å². The molecule has 1 aliphatic carbocycles. The van der Waals surface area contributed by atoms with Gasteiger partial charge in [0.2, 0.25) is 0 Å². The molecule has 94 valence electrons. The Kier molecular flexibility index (Phi) is 3.92. The molecule has 1 unspecified atom stereocenters. The summed E-state index contributed by atoms with van der Waals surface area (Å²) in [6.07, 6.45) is 7.75. The van der Waals surface area contributed by atoms with Crippen molar-refractivity contribution in [2.45, 2.75) is 19.8 Å². The lowest BCUT2D eigenvalue weighted by atomic mass is 9.78. The van der Waals surface area contributed by atoms with E-state index in [2.05, 4.69) is 35.6 Å². The molecule has 1 aromatic carbocycles. The predicted octanol–water partition coefficient (Wildman–Crippen LogP) is 4.11. The quantitative estimate of drug-likeness (QED) is 0.789. The van der Waals surface area contributed by atoms with E-state index in [1.54, 1.807) is 0 Å². The fraction of sp³-hybridized carbons (Fsp3) is 0.333. The second kappa shape index (κ2) is 5.63. The Balaban J connectivity index is 2.01. The minimum absolute atomic E-state index is 0.0873. The van der Waals surface area contributed by atoms with Crippen LogP contribution in [0, 0.1) is 10.3 Å². The average Bonchev–Trinajstić information content (AvgIpc) is 2.47. The Morgan fingerprint density at radius 2 is 2.11 bits per heavy atom. The Labute approximate surface area is 108 Å². The van der Waals surface area contributed by atoms with Crippen molar-refractivity contribution in [3.63, 3.8) is 0 Å². The summed E-state index contributed by atoms with van der Waals surface area (Å²) in [5.41, 5.74) is 1.75. The van der Waals surface area contributed by atoms with Gasteiger partial charge in [-0.3, -0.25) is 0 Å². The third-order valence-corrected chi connectivity index (χ3v) is 3.55. The summed E-state index contributed by atoms with van der Waals surface area (Å²) >= 11 is 0. The molecule has 0 heterocycles. The van der Waals surface area contributed by atoms with Crippen LogP contribution >= 0.6 is 0 Å². The molecule has 0 bridgehead atoms. The summed E-state index contributed by atoms with van der Waals surface area (Å²) in [6.45, 7) is 3.04.